The number of carbonyl (C=O) groups excluding carboxylic acids is 1. The number of aromatic nitrogens is 2. The van der Waals surface area contributed by atoms with Crippen LogP contribution in [-0.4, -0.2) is 39.9 Å². The summed E-state index contributed by atoms with van der Waals surface area (Å²) in [7, 11) is 0. The lowest BCUT2D eigenvalue weighted by atomic mass is 10.0. The van der Waals surface area contributed by atoms with Crippen LogP contribution in [0.4, 0.5) is 5.82 Å². The molecule has 6 nitrogen and oxygen atoms in total. The molecule has 2 aliphatic heterocycles. The van der Waals surface area contributed by atoms with Gasteiger partial charge in [0.1, 0.15) is 5.82 Å². The molecule has 0 spiro atoms. The number of nitrogen functional groups attached to an aromatic ring is 1. The van der Waals surface area contributed by atoms with Crippen LogP contribution in [0.1, 0.15) is 28.8 Å². The van der Waals surface area contributed by atoms with E-state index in [4.69, 9.17) is 5.73 Å². The van der Waals surface area contributed by atoms with Gasteiger partial charge in [0.2, 0.25) is 0 Å². The summed E-state index contributed by atoms with van der Waals surface area (Å²) in [5, 5.41) is 4.36. The molecule has 1 atom stereocenters. The van der Waals surface area contributed by atoms with Gasteiger partial charge < -0.3 is 16.0 Å². The highest BCUT2D eigenvalue weighted by Gasteiger charge is 2.33. The van der Waals surface area contributed by atoms with Crippen LogP contribution >= 0.6 is 0 Å². The first kappa shape index (κ1) is 16.2. The molecule has 1 fully saturated rings. The van der Waals surface area contributed by atoms with Gasteiger partial charge >= 0.3 is 0 Å². The van der Waals surface area contributed by atoms with E-state index in [2.05, 4.69) is 21.4 Å². The van der Waals surface area contributed by atoms with E-state index in [-0.39, 0.29) is 11.9 Å². The summed E-state index contributed by atoms with van der Waals surface area (Å²) in [6, 6.07) is 11.9. The first-order valence-corrected chi connectivity index (χ1v) is 9.37. The molecule has 1 amide bonds. The Morgan fingerprint density at radius 3 is 3.00 bits per heavy atom. The summed E-state index contributed by atoms with van der Waals surface area (Å²) in [5.74, 6) is 0.603. The van der Waals surface area contributed by atoms with Crippen LogP contribution in [0.15, 0.2) is 42.6 Å². The monoisotopic (exact) mass is 359 g/mol. The van der Waals surface area contributed by atoms with Crippen molar-refractivity contribution in [3.05, 3.63) is 53.7 Å². The van der Waals surface area contributed by atoms with E-state index in [0.717, 1.165) is 59.2 Å². The number of nitrogens with zero attached hydrogens (tertiary/aromatic N) is 3. The number of piperidine rings is 1. The largest absolute Gasteiger partial charge is 0.384 e. The molecule has 0 bridgehead atoms. The predicted octanol–water partition coefficient (Wildman–Crippen LogP) is 2.59. The molecule has 4 heterocycles. The van der Waals surface area contributed by atoms with Crippen molar-refractivity contribution < 1.29 is 4.79 Å². The molecule has 1 aromatic carbocycles. The van der Waals surface area contributed by atoms with Gasteiger partial charge in [0.05, 0.1) is 11.2 Å². The molecule has 3 aromatic rings. The highest BCUT2D eigenvalue weighted by Crippen LogP contribution is 2.32. The number of hydrogen-bond acceptors (Lipinski definition) is 5. The van der Waals surface area contributed by atoms with E-state index >= 15 is 0 Å². The number of nitrogens with one attached hydrogen (secondary N) is 1. The number of hydrogen-bond donors (Lipinski definition) is 2. The Hall–Kier alpha value is -2.99. The lowest BCUT2D eigenvalue weighted by Gasteiger charge is -2.31. The maximum Gasteiger partial charge on any atom is 0.254 e. The summed E-state index contributed by atoms with van der Waals surface area (Å²) in [6.45, 7) is 2.57. The van der Waals surface area contributed by atoms with Gasteiger partial charge in [0.15, 0.2) is 0 Å². The molecule has 6 heteroatoms. The second kappa shape index (κ2) is 6.32. The lowest BCUT2D eigenvalue weighted by Crippen LogP contribution is -2.46. The number of anilines is 1. The third kappa shape index (κ3) is 2.73. The number of pyridine rings is 2. The van der Waals surface area contributed by atoms with E-state index in [1.54, 1.807) is 6.20 Å². The zero-order valence-corrected chi connectivity index (χ0v) is 15.0. The molecule has 136 valence electrons. The van der Waals surface area contributed by atoms with E-state index in [1.165, 1.54) is 0 Å². The SMILES string of the molecule is Nc1cc2cccnc2c(-c2ccc3c(c2)CN(C2CCCNC2)C3=O)n1. The van der Waals surface area contributed by atoms with Crippen molar-refractivity contribution in [3.63, 3.8) is 0 Å². The molecular weight excluding hydrogens is 338 g/mol. The van der Waals surface area contributed by atoms with Crippen molar-refractivity contribution in [2.24, 2.45) is 0 Å². The molecule has 0 saturated carbocycles. The fourth-order valence-corrected chi connectivity index (χ4v) is 4.19. The van der Waals surface area contributed by atoms with E-state index in [9.17, 15) is 4.79 Å². The third-order valence-electron chi connectivity index (χ3n) is 5.53. The van der Waals surface area contributed by atoms with Crippen LogP contribution < -0.4 is 11.1 Å². The number of benzene rings is 1. The molecule has 0 radical (unpaired) electrons. The second-order valence-electron chi connectivity index (χ2n) is 7.28. The lowest BCUT2D eigenvalue weighted by molar-refractivity contribution is 0.0674. The van der Waals surface area contributed by atoms with Crippen LogP contribution in [0.25, 0.3) is 22.2 Å². The topological polar surface area (TPSA) is 84.1 Å². The van der Waals surface area contributed by atoms with Gasteiger partial charge in [-0.05, 0) is 49.2 Å². The van der Waals surface area contributed by atoms with Gasteiger partial charge in [0.25, 0.3) is 5.91 Å². The molecular formula is C21H21N5O. The summed E-state index contributed by atoms with van der Waals surface area (Å²) >= 11 is 0. The van der Waals surface area contributed by atoms with Crippen LogP contribution in [0.2, 0.25) is 0 Å². The normalized spacial score (nSPS) is 19.5. The quantitative estimate of drug-likeness (QED) is 0.735. The smallest absolute Gasteiger partial charge is 0.254 e. The minimum atomic E-state index is 0.133. The number of carbonyl (C=O) groups is 1. The molecule has 0 aliphatic carbocycles. The van der Waals surface area contributed by atoms with Crippen molar-refractivity contribution in [2.45, 2.75) is 25.4 Å². The molecule has 5 rings (SSSR count). The predicted molar refractivity (Wildman–Crippen MR) is 105 cm³/mol. The van der Waals surface area contributed by atoms with Crippen molar-refractivity contribution in [2.75, 3.05) is 18.8 Å². The summed E-state index contributed by atoms with van der Waals surface area (Å²) in [5.41, 5.74) is 10.4. The van der Waals surface area contributed by atoms with E-state index in [1.807, 2.05) is 35.2 Å². The minimum Gasteiger partial charge on any atom is -0.384 e. The number of rotatable bonds is 2. The van der Waals surface area contributed by atoms with Gasteiger partial charge in [-0.15, -0.1) is 0 Å². The van der Waals surface area contributed by atoms with Gasteiger partial charge in [-0.25, -0.2) is 4.98 Å². The van der Waals surface area contributed by atoms with Crippen molar-refractivity contribution >= 4 is 22.6 Å². The van der Waals surface area contributed by atoms with Crippen LogP contribution in [-0.2, 0) is 6.54 Å². The number of amides is 1. The van der Waals surface area contributed by atoms with Crippen molar-refractivity contribution in [3.8, 4) is 11.3 Å². The zero-order chi connectivity index (χ0) is 18.4. The van der Waals surface area contributed by atoms with Crippen molar-refractivity contribution in [1.82, 2.24) is 20.2 Å². The zero-order valence-electron chi connectivity index (χ0n) is 15.0. The first-order chi connectivity index (χ1) is 13.2. The third-order valence-corrected chi connectivity index (χ3v) is 5.53. The van der Waals surface area contributed by atoms with Crippen LogP contribution in [0, 0.1) is 0 Å². The maximum atomic E-state index is 12.9. The Labute approximate surface area is 157 Å². The van der Waals surface area contributed by atoms with Gasteiger partial charge in [-0.1, -0.05) is 12.1 Å². The molecule has 1 unspecified atom stereocenters. The molecule has 1 saturated heterocycles. The molecule has 2 aromatic heterocycles. The van der Waals surface area contributed by atoms with Crippen molar-refractivity contribution in [1.29, 1.82) is 0 Å². The Bertz CT molecular complexity index is 1040. The number of nitrogens with two attached hydrogens (primary N) is 1. The molecule has 27 heavy (non-hydrogen) atoms. The van der Waals surface area contributed by atoms with Crippen LogP contribution in [0.3, 0.4) is 0 Å². The first-order valence-electron chi connectivity index (χ1n) is 9.37. The summed E-state index contributed by atoms with van der Waals surface area (Å²) < 4.78 is 0. The fraction of sp³-hybridized carbons (Fsp3) is 0.286. The minimum absolute atomic E-state index is 0.133. The summed E-state index contributed by atoms with van der Waals surface area (Å²) in [4.78, 5) is 23.9. The second-order valence-corrected chi connectivity index (χ2v) is 7.28. The molecule has 3 N–H and O–H groups in total. The average Bonchev–Trinajstić information content (AvgIpc) is 3.04. The van der Waals surface area contributed by atoms with E-state index in [0.29, 0.717) is 12.4 Å². The Kier molecular flexibility index (Phi) is 3.79. The highest BCUT2D eigenvalue weighted by molar-refractivity contribution is 6.00. The molecule has 2 aliphatic rings. The van der Waals surface area contributed by atoms with Gasteiger partial charge in [-0.3, -0.25) is 9.78 Å². The standard InChI is InChI=1S/C21H21N5O/c22-18-10-13-3-1-8-24-19(13)20(25-18)14-5-6-17-15(9-14)12-26(21(17)27)16-4-2-7-23-11-16/h1,3,5-6,8-10,16,23H,2,4,7,11-12H2,(H2,22,25). The number of fused-ring (bicyclic) bond motifs is 2. The Balaban J connectivity index is 1.55. The maximum absolute atomic E-state index is 12.9. The Morgan fingerprint density at radius 1 is 1.22 bits per heavy atom. The highest BCUT2D eigenvalue weighted by atomic mass is 16.2. The Morgan fingerprint density at radius 2 is 2.15 bits per heavy atom. The van der Waals surface area contributed by atoms with Crippen LogP contribution in [0.5, 0.6) is 0 Å². The average molecular weight is 359 g/mol. The van der Waals surface area contributed by atoms with Gasteiger partial charge in [0, 0.05) is 41.8 Å². The van der Waals surface area contributed by atoms with Gasteiger partial charge in [-0.2, -0.15) is 0 Å². The van der Waals surface area contributed by atoms with E-state index < -0.39 is 0 Å². The summed E-state index contributed by atoms with van der Waals surface area (Å²) in [6.07, 6.45) is 3.93. The fourth-order valence-electron chi connectivity index (χ4n) is 4.19.